The molecule has 1 heterocycles. The van der Waals surface area contributed by atoms with Crippen LogP contribution in [0.5, 0.6) is 0 Å². The molecule has 16 heteroatoms. The summed E-state index contributed by atoms with van der Waals surface area (Å²) in [6.45, 7) is 3.31. The van der Waals surface area contributed by atoms with E-state index in [2.05, 4.69) is 6.58 Å². The van der Waals surface area contributed by atoms with Crippen molar-refractivity contribution < 1.29 is 50.0 Å². The Bertz CT molecular complexity index is 1470. The predicted molar refractivity (Wildman–Crippen MR) is 141 cm³/mol. The fourth-order valence-electron chi connectivity index (χ4n) is 4.20. The summed E-state index contributed by atoms with van der Waals surface area (Å²) in [4.78, 5) is 41.5. The maximum atomic E-state index is 13.9. The van der Waals surface area contributed by atoms with Crippen molar-refractivity contribution in [2.75, 3.05) is 23.8 Å². The summed E-state index contributed by atoms with van der Waals surface area (Å²) < 4.78 is 97.3. The van der Waals surface area contributed by atoms with Gasteiger partial charge < -0.3 is 14.2 Å². The zero-order chi connectivity index (χ0) is 32.1. The SMILES string of the molecule is C=CCOC(=O)C1=C(C)N(c2cccc(C(F)(F)F)c2)C(=O)N(CC(=O)N[S+]([O-])CC(F)(F)F)C1c1ccc(C#N)cc1. The molecule has 43 heavy (non-hydrogen) atoms. The second-order valence-corrected chi connectivity index (χ2v) is 10.1. The number of hydrogen-bond donors (Lipinski definition) is 1. The number of anilines is 1. The molecule has 0 spiro atoms. The third-order valence-corrected chi connectivity index (χ3v) is 6.97. The molecule has 9 nitrogen and oxygen atoms in total. The number of amides is 3. The average molecular weight is 629 g/mol. The molecule has 228 valence electrons. The van der Waals surface area contributed by atoms with Crippen molar-refractivity contribution in [1.82, 2.24) is 9.62 Å². The van der Waals surface area contributed by atoms with Crippen LogP contribution in [0.4, 0.5) is 36.8 Å². The number of rotatable bonds is 9. The molecule has 2 aromatic carbocycles. The number of allylic oxidation sites excluding steroid dienone is 1. The van der Waals surface area contributed by atoms with Crippen LogP contribution in [0.2, 0.25) is 0 Å². The number of alkyl halides is 6. The number of urea groups is 1. The van der Waals surface area contributed by atoms with E-state index in [1.807, 2.05) is 6.07 Å². The lowest BCUT2D eigenvalue weighted by Gasteiger charge is -2.42. The average Bonchev–Trinajstić information content (AvgIpc) is 2.91. The maximum absolute atomic E-state index is 13.9. The normalized spacial score (nSPS) is 16.4. The van der Waals surface area contributed by atoms with Crippen molar-refractivity contribution in [1.29, 1.82) is 5.26 Å². The van der Waals surface area contributed by atoms with E-state index in [0.29, 0.717) is 11.0 Å². The van der Waals surface area contributed by atoms with Gasteiger partial charge in [-0.25, -0.2) is 9.59 Å². The van der Waals surface area contributed by atoms with Crippen LogP contribution in [0, 0.1) is 11.3 Å². The lowest BCUT2D eigenvalue weighted by atomic mass is 9.92. The van der Waals surface area contributed by atoms with Crippen LogP contribution in [0.3, 0.4) is 0 Å². The molecule has 2 atom stereocenters. The minimum Gasteiger partial charge on any atom is -0.593 e. The summed E-state index contributed by atoms with van der Waals surface area (Å²) in [6.07, 6.45) is -8.48. The van der Waals surface area contributed by atoms with Gasteiger partial charge in [-0.1, -0.05) is 30.9 Å². The number of ether oxygens (including phenoxy) is 1. The monoisotopic (exact) mass is 628 g/mol. The molecule has 3 rings (SSSR count). The van der Waals surface area contributed by atoms with Gasteiger partial charge >= 0.3 is 24.4 Å². The highest BCUT2D eigenvalue weighted by atomic mass is 32.2. The number of carbonyl (C=O) groups excluding carboxylic acids is 3. The highest BCUT2D eigenvalue weighted by Crippen LogP contribution is 2.41. The van der Waals surface area contributed by atoms with Crippen LogP contribution in [-0.4, -0.2) is 52.4 Å². The van der Waals surface area contributed by atoms with Crippen LogP contribution in [0.1, 0.15) is 29.7 Å². The number of nitrogens with one attached hydrogen (secondary N) is 1. The standard InChI is InChI=1S/C27H22F6N4O5S/c1-3-11-42-24(39)22-16(2)37(20-6-4-5-19(12-20)27(31,32)33)25(40)36(14-21(38)35-43(41)15-26(28,29)30)23(22)18-9-7-17(13-34)8-10-18/h3-10,12,23H,1,11,14-15H2,2H3,(H,35,38). The number of esters is 1. The van der Waals surface area contributed by atoms with Crippen LogP contribution >= 0.6 is 0 Å². The Kier molecular flexibility index (Phi) is 10.1. The highest BCUT2D eigenvalue weighted by molar-refractivity contribution is 7.90. The van der Waals surface area contributed by atoms with Crippen molar-refractivity contribution in [2.45, 2.75) is 25.3 Å². The predicted octanol–water partition coefficient (Wildman–Crippen LogP) is 4.91. The first-order valence-electron chi connectivity index (χ1n) is 12.1. The first-order chi connectivity index (χ1) is 20.1. The van der Waals surface area contributed by atoms with Crippen molar-refractivity contribution in [3.63, 3.8) is 0 Å². The topological polar surface area (TPSA) is 126 Å². The molecule has 2 unspecified atom stereocenters. The maximum Gasteiger partial charge on any atom is 0.435 e. The fraction of sp³-hybridized carbons (Fsp3) is 0.259. The van der Waals surface area contributed by atoms with Crippen LogP contribution in [0.15, 0.2) is 72.5 Å². The van der Waals surface area contributed by atoms with Gasteiger partial charge in [0.2, 0.25) is 5.75 Å². The number of nitrogens with zero attached hydrogens (tertiary/aromatic N) is 3. The van der Waals surface area contributed by atoms with Crippen molar-refractivity contribution in [3.05, 3.63) is 89.1 Å². The second kappa shape index (κ2) is 13.2. The zero-order valence-electron chi connectivity index (χ0n) is 22.2. The number of carbonyl (C=O) groups is 3. The van der Waals surface area contributed by atoms with Gasteiger partial charge in [-0.05, 0) is 42.8 Å². The van der Waals surface area contributed by atoms with Crippen molar-refractivity contribution >= 4 is 35.0 Å². The molecule has 1 aliphatic heterocycles. The lowest BCUT2D eigenvalue weighted by Crippen LogP contribution is -2.54. The van der Waals surface area contributed by atoms with Gasteiger partial charge in [-0.3, -0.25) is 9.69 Å². The first-order valence-corrected chi connectivity index (χ1v) is 13.4. The Balaban J connectivity index is 2.21. The molecule has 1 N–H and O–H groups in total. The van der Waals surface area contributed by atoms with Crippen molar-refractivity contribution in [2.24, 2.45) is 0 Å². The van der Waals surface area contributed by atoms with E-state index in [1.165, 1.54) is 37.3 Å². The molecule has 0 aromatic heterocycles. The number of nitriles is 1. The molecule has 2 aromatic rings. The van der Waals surface area contributed by atoms with Crippen molar-refractivity contribution in [3.8, 4) is 6.07 Å². The summed E-state index contributed by atoms with van der Waals surface area (Å²) in [5.74, 6) is -4.26. The third-order valence-electron chi connectivity index (χ3n) is 5.92. The Labute approximate surface area is 244 Å². The summed E-state index contributed by atoms with van der Waals surface area (Å²) in [5, 5.41) is 9.18. The number of halogens is 6. The summed E-state index contributed by atoms with van der Waals surface area (Å²) in [5.41, 5.74) is -1.65. The van der Waals surface area contributed by atoms with Crippen LogP contribution < -0.4 is 9.62 Å². The second-order valence-electron chi connectivity index (χ2n) is 8.95. The molecular weight excluding hydrogens is 606 g/mol. The fourth-order valence-corrected chi connectivity index (χ4v) is 4.89. The van der Waals surface area contributed by atoms with Gasteiger partial charge in [0.05, 0.1) is 45.9 Å². The Hall–Kier alpha value is -4.49. The summed E-state index contributed by atoms with van der Waals surface area (Å²) in [7, 11) is 0. The zero-order valence-corrected chi connectivity index (χ0v) is 23.0. The van der Waals surface area contributed by atoms with E-state index in [1.54, 1.807) is 4.72 Å². The molecule has 0 fully saturated rings. The summed E-state index contributed by atoms with van der Waals surface area (Å²) in [6, 6.07) is 8.16. The molecule has 3 amide bonds. The summed E-state index contributed by atoms with van der Waals surface area (Å²) >= 11 is -2.93. The number of hydrogen-bond acceptors (Lipinski definition) is 6. The smallest absolute Gasteiger partial charge is 0.435 e. The van der Waals surface area contributed by atoms with E-state index in [0.717, 1.165) is 23.1 Å². The third kappa shape index (κ3) is 8.08. The molecule has 0 saturated carbocycles. The van der Waals surface area contributed by atoms with E-state index in [4.69, 9.17) is 4.74 Å². The van der Waals surface area contributed by atoms with Gasteiger partial charge in [0, 0.05) is 5.70 Å². The van der Waals surface area contributed by atoms with Gasteiger partial charge in [0.1, 0.15) is 13.2 Å². The molecule has 0 saturated heterocycles. The van der Waals surface area contributed by atoms with Gasteiger partial charge in [0.25, 0.3) is 5.91 Å². The van der Waals surface area contributed by atoms with E-state index >= 15 is 0 Å². The Morgan fingerprint density at radius 1 is 1.16 bits per heavy atom. The first kappa shape index (κ1) is 33.0. The van der Waals surface area contributed by atoms with Gasteiger partial charge in [0.15, 0.2) is 0 Å². The minimum atomic E-state index is -4.90. The van der Waals surface area contributed by atoms with E-state index < -0.39 is 65.5 Å². The largest absolute Gasteiger partial charge is 0.593 e. The Morgan fingerprint density at radius 3 is 2.37 bits per heavy atom. The quantitative estimate of drug-likeness (QED) is 0.182. The molecule has 0 aliphatic carbocycles. The minimum absolute atomic E-state index is 0.144. The lowest BCUT2D eigenvalue weighted by molar-refractivity contribution is -0.139. The van der Waals surface area contributed by atoms with Crippen LogP contribution in [-0.2, 0) is 31.9 Å². The van der Waals surface area contributed by atoms with Crippen LogP contribution in [0.25, 0.3) is 0 Å². The molecule has 1 aliphatic rings. The molecule has 0 radical (unpaired) electrons. The van der Waals surface area contributed by atoms with Gasteiger partial charge in [-0.15, -0.1) is 0 Å². The number of benzene rings is 2. The highest BCUT2D eigenvalue weighted by Gasteiger charge is 2.45. The van der Waals surface area contributed by atoms with E-state index in [-0.39, 0.29) is 34.7 Å². The Morgan fingerprint density at radius 2 is 1.81 bits per heavy atom. The molecule has 0 bridgehead atoms. The van der Waals surface area contributed by atoms with Gasteiger partial charge in [-0.2, -0.15) is 36.3 Å². The van der Waals surface area contributed by atoms with E-state index in [9.17, 15) is 50.5 Å². The molecular formula is C27H22F6N4O5S.